The minimum absolute atomic E-state index is 0.271. The smallest absolute Gasteiger partial charge is 0.291 e. The van der Waals surface area contributed by atoms with Gasteiger partial charge in [0.2, 0.25) is 0 Å². The number of aromatic nitrogens is 4. The van der Waals surface area contributed by atoms with Crippen molar-refractivity contribution in [3.05, 3.63) is 48.5 Å². The van der Waals surface area contributed by atoms with Gasteiger partial charge in [0.1, 0.15) is 0 Å². The second kappa shape index (κ2) is 4.25. The lowest BCUT2D eigenvalue weighted by Gasteiger charge is -2.00. The molecule has 0 saturated heterocycles. The number of hydrogen-bond donors (Lipinski definition) is 2. The van der Waals surface area contributed by atoms with Crippen LogP contribution < -0.4 is 5.32 Å². The van der Waals surface area contributed by atoms with E-state index in [1.807, 2.05) is 24.3 Å². The van der Waals surface area contributed by atoms with Crippen LogP contribution in [0.25, 0.3) is 11.0 Å². The Hall–Kier alpha value is -2.76. The summed E-state index contributed by atoms with van der Waals surface area (Å²) in [7, 11) is 0. The van der Waals surface area contributed by atoms with Crippen molar-refractivity contribution in [3.63, 3.8) is 0 Å². The van der Waals surface area contributed by atoms with Crippen molar-refractivity contribution in [1.29, 1.82) is 0 Å². The first-order valence-corrected chi connectivity index (χ1v) is 5.36. The number of nitrogens with zero attached hydrogens (tertiary/aromatic N) is 3. The Kier molecular flexibility index (Phi) is 2.45. The Morgan fingerprint density at radius 3 is 2.83 bits per heavy atom. The molecule has 0 bridgehead atoms. The molecule has 0 radical (unpaired) electrons. The molecular formula is C12H9N5O. The Morgan fingerprint density at radius 1 is 1.17 bits per heavy atom. The van der Waals surface area contributed by atoms with E-state index in [1.54, 1.807) is 6.07 Å². The number of anilines is 1. The predicted molar refractivity (Wildman–Crippen MR) is 66.1 cm³/mol. The number of nitrogens with one attached hydrogen (secondary N) is 2. The number of rotatable bonds is 2. The minimum Gasteiger partial charge on any atom is -0.334 e. The highest BCUT2D eigenvalue weighted by molar-refractivity contribution is 6.03. The highest BCUT2D eigenvalue weighted by Crippen LogP contribution is 2.11. The van der Waals surface area contributed by atoms with Gasteiger partial charge in [-0.2, -0.15) is 10.2 Å². The van der Waals surface area contributed by atoms with Crippen LogP contribution in [0.4, 0.5) is 5.69 Å². The normalized spacial score (nSPS) is 10.4. The SMILES string of the molecule is O=C(Nc1ccnnc1)c1nc2ccccc2[nH]1. The third-order valence-electron chi connectivity index (χ3n) is 2.45. The number of aromatic amines is 1. The fourth-order valence-corrected chi connectivity index (χ4v) is 1.62. The molecule has 0 aliphatic carbocycles. The fraction of sp³-hybridized carbons (Fsp3) is 0. The van der Waals surface area contributed by atoms with Gasteiger partial charge in [-0.15, -0.1) is 0 Å². The standard InChI is InChI=1S/C12H9N5O/c18-12(15-8-5-6-13-14-7-8)11-16-9-3-1-2-4-10(9)17-11/h1-7H,(H,16,17)(H,13,15,18). The van der Waals surface area contributed by atoms with Gasteiger partial charge in [-0.05, 0) is 18.2 Å². The number of benzene rings is 1. The number of carbonyl (C=O) groups is 1. The maximum absolute atomic E-state index is 11.9. The molecule has 0 saturated carbocycles. The molecule has 3 rings (SSSR count). The average Bonchev–Trinajstić information content (AvgIpc) is 2.84. The summed E-state index contributed by atoms with van der Waals surface area (Å²) in [4.78, 5) is 19.1. The summed E-state index contributed by atoms with van der Waals surface area (Å²) in [5.74, 6) is -0.0350. The van der Waals surface area contributed by atoms with Gasteiger partial charge in [-0.25, -0.2) is 4.98 Å². The van der Waals surface area contributed by atoms with Crippen LogP contribution in [-0.2, 0) is 0 Å². The Bertz CT molecular complexity index is 659. The highest BCUT2D eigenvalue weighted by Gasteiger charge is 2.11. The number of H-pyrrole nitrogens is 1. The van der Waals surface area contributed by atoms with E-state index in [4.69, 9.17) is 0 Å². The van der Waals surface area contributed by atoms with Crippen molar-refractivity contribution >= 4 is 22.6 Å². The maximum Gasteiger partial charge on any atom is 0.291 e. The van der Waals surface area contributed by atoms with Crippen molar-refractivity contribution in [2.24, 2.45) is 0 Å². The number of imidazole rings is 1. The summed E-state index contributed by atoms with van der Waals surface area (Å²) in [5.41, 5.74) is 2.17. The van der Waals surface area contributed by atoms with E-state index in [2.05, 4.69) is 25.5 Å². The number of para-hydroxylation sites is 2. The predicted octanol–water partition coefficient (Wildman–Crippen LogP) is 1.61. The summed E-state index contributed by atoms with van der Waals surface area (Å²) in [6, 6.07) is 9.13. The zero-order valence-electron chi connectivity index (χ0n) is 9.29. The zero-order chi connectivity index (χ0) is 12.4. The maximum atomic E-state index is 11.9. The minimum atomic E-state index is -0.306. The molecule has 1 amide bonds. The van der Waals surface area contributed by atoms with Gasteiger partial charge < -0.3 is 10.3 Å². The van der Waals surface area contributed by atoms with Gasteiger partial charge in [0.15, 0.2) is 5.82 Å². The van der Waals surface area contributed by atoms with E-state index < -0.39 is 0 Å². The van der Waals surface area contributed by atoms with Crippen molar-refractivity contribution in [3.8, 4) is 0 Å². The summed E-state index contributed by atoms with van der Waals surface area (Å²) in [6.07, 6.45) is 2.98. The van der Waals surface area contributed by atoms with Crippen molar-refractivity contribution in [1.82, 2.24) is 20.2 Å². The Balaban J connectivity index is 1.88. The summed E-state index contributed by atoms with van der Waals surface area (Å²) < 4.78 is 0. The van der Waals surface area contributed by atoms with Gasteiger partial charge in [0, 0.05) is 0 Å². The Morgan fingerprint density at radius 2 is 2.06 bits per heavy atom. The van der Waals surface area contributed by atoms with Gasteiger partial charge >= 0.3 is 0 Å². The van der Waals surface area contributed by atoms with Crippen LogP contribution in [0.3, 0.4) is 0 Å². The molecule has 0 spiro atoms. The lowest BCUT2D eigenvalue weighted by atomic mass is 10.3. The molecule has 0 aliphatic rings. The van der Waals surface area contributed by atoms with Gasteiger partial charge in [-0.1, -0.05) is 12.1 Å². The van der Waals surface area contributed by atoms with E-state index >= 15 is 0 Å². The monoisotopic (exact) mass is 239 g/mol. The number of amides is 1. The first-order chi connectivity index (χ1) is 8.83. The summed E-state index contributed by atoms with van der Waals surface area (Å²) in [6.45, 7) is 0. The molecule has 3 aromatic rings. The molecule has 18 heavy (non-hydrogen) atoms. The molecule has 1 aromatic carbocycles. The molecule has 0 unspecified atom stereocenters. The molecule has 2 N–H and O–H groups in total. The molecule has 6 nitrogen and oxygen atoms in total. The van der Waals surface area contributed by atoms with Crippen molar-refractivity contribution in [2.75, 3.05) is 5.32 Å². The lowest BCUT2D eigenvalue weighted by molar-refractivity contribution is 0.101. The number of carbonyl (C=O) groups excluding carboxylic acids is 1. The lowest BCUT2D eigenvalue weighted by Crippen LogP contribution is -2.13. The molecule has 0 aliphatic heterocycles. The van der Waals surface area contributed by atoms with Crippen molar-refractivity contribution in [2.45, 2.75) is 0 Å². The van der Waals surface area contributed by atoms with E-state index in [0.29, 0.717) is 5.69 Å². The van der Waals surface area contributed by atoms with E-state index in [9.17, 15) is 4.79 Å². The molecule has 0 fully saturated rings. The number of hydrogen-bond acceptors (Lipinski definition) is 4. The largest absolute Gasteiger partial charge is 0.334 e. The summed E-state index contributed by atoms with van der Waals surface area (Å²) >= 11 is 0. The molecule has 2 aromatic heterocycles. The van der Waals surface area contributed by atoms with Crippen LogP contribution in [0.1, 0.15) is 10.6 Å². The third kappa shape index (κ3) is 1.91. The van der Waals surface area contributed by atoms with Crippen molar-refractivity contribution < 1.29 is 4.79 Å². The van der Waals surface area contributed by atoms with Gasteiger partial charge in [-0.3, -0.25) is 4.79 Å². The molecular weight excluding hydrogens is 230 g/mol. The number of fused-ring (bicyclic) bond motifs is 1. The van der Waals surface area contributed by atoms with Crippen LogP contribution in [-0.4, -0.2) is 26.1 Å². The van der Waals surface area contributed by atoms with Crippen LogP contribution in [0.2, 0.25) is 0 Å². The van der Waals surface area contributed by atoms with Crippen LogP contribution >= 0.6 is 0 Å². The van der Waals surface area contributed by atoms with E-state index in [0.717, 1.165) is 11.0 Å². The molecule has 6 heteroatoms. The Labute approximate surface area is 102 Å². The quantitative estimate of drug-likeness (QED) is 0.711. The van der Waals surface area contributed by atoms with E-state index in [1.165, 1.54) is 12.4 Å². The third-order valence-corrected chi connectivity index (χ3v) is 2.45. The first-order valence-electron chi connectivity index (χ1n) is 5.36. The first kappa shape index (κ1) is 10.4. The van der Waals surface area contributed by atoms with Crippen LogP contribution in [0, 0.1) is 0 Å². The topological polar surface area (TPSA) is 83.6 Å². The highest BCUT2D eigenvalue weighted by atomic mass is 16.2. The molecule has 2 heterocycles. The molecule has 0 atom stereocenters. The van der Waals surface area contributed by atoms with Crippen LogP contribution in [0.5, 0.6) is 0 Å². The molecule has 88 valence electrons. The van der Waals surface area contributed by atoms with Gasteiger partial charge in [0.05, 0.1) is 29.1 Å². The fourth-order valence-electron chi connectivity index (χ4n) is 1.62. The van der Waals surface area contributed by atoms with E-state index in [-0.39, 0.29) is 11.7 Å². The van der Waals surface area contributed by atoms with Gasteiger partial charge in [0.25, 0.3) is 5.91 Å². The second-order valence-electron chi connectivity index (χ2n) is 3.69. The summed E-state index contributed by atoms with van der Waals surface area (Å²) in [5, 5.41) is 10.00. The second-order valence-corrected chi connectivity index (χ2v) is 3.69. The average molecular weight is 239 g/mol. The zero-order valence-corrected chi connectivity index (χ0v) is 9.29. The van der Waals surface area contributed by atoms with Crippen LogP contribution in [0.15, 0.2) is 42.7 Å².